The predicted octanol–water partition coefficient (Wildman–Crippen LogP) is 0.928. The van der Waals surface area contributed by atoms with Crippen molar-refractivity contribution in [3.63, 3.8) is 0 Å². The van der Waals surface area contributed by atoms with Crippen LogP contribution >= 0.6 is 0 Å². The first-order chi connectivity index (χ1) is 6.49. The summed E-state index contributed by atoms with van der Waals surface area (Å²) in [7, 11) is 1.27. The topological polar surface area (TPSA) is 66.8 Å². The van der Waals surface area contributed by atoms with E-state index >= 15 is 0 Å². The number of aliphatic hydroxyl groups is 2. The molecule has 4 nitrogen and oxygen atoms in total. The van der Waals surface area contributed by atoms with E-state index in [0.29, 0.717) is 11.1 Å². The lowest BCUT2D eigenvalue weighted by Crippen LogP contribution is -2.33. The molecule has 1 aliphatic rings. The quantitative estimate of drug-likeness (QED) is 0.615. The third-order valence-corrected chi connectivity index (χ3v) is 2.47. The van der Waals surface area contributed by atoms with Crippen molar-refractivity contribution in [2.24, 2.45) is 5.92 Å². The molecule has 0 bridgehead atoms. The summed E-state index contributed by atoms with van der Waals surface area (Å²) in [5, 5.41) is 19.1. The molecule has 2 atom stereocenters. The number of ether oxygens (including phenoxy) is 1. The fraction of sp³-hybridized carbons (Fsp3) is 0.500. The van der Waals surface area contributed by atoms with Crippen LogP contribution in [0.5, 0.6) is 0 Å². The summed E-state index contributed by atoms with van der Waals surface area (Å²) < 4.78 is 4.57. The van der Waals surface area contributed by atoms with Crippen LogP contribution in [0.25, 0.3) is 0 Å². The van der Waals surface area contributed by atoms with Crippen LogP contribution in [-0.4, -0.2) is 29.4 Å². The van der Waals surface area contributed by atoms with Gasteiger partial charge in [-0.15, -0.1) is 0 Å². The summed E-state index contributed by atoms with van der Waals surface area (Å²) in [6.45, 7) is 3.26. The van der Waals surface area contributed by atoms with Crippen molar-refractivity contribution >= 4 is 5.97 Å². The Morgan fingerprint density at radius 2 is 2.07 bits per heavy atom. The minimum absolute atomic E-state index is 0.0233. The highest BCUT2D eigenvalue weighted by molar-refractivity contribution is 5.77. The largest absolute Gasteiger partial charge is 0.508 e. The van der Waals surface area contributed by atoms with E-state index in [1.807, 2.05) is 0 Å². The Labute approximate surface area is 82.5 Å². The zero-order valence-corrected chi connectivity index (χ0v) is 8.44. The van der Waals surface area contributed by atoms with E-state index in [1.54, 1.807) is 13.8 Å². The van der Waals surface area contributed by atoms with Gasteiger partial charge in [-0.3, -0.25) is 4.79 Å². The van der Waals surface area contributed by atoms with Crippen molar-refractivity contribution in [1.82, 2.24) is 0 Å². The molecule has 0 fully saturated rings. The molecule has 0 aliphatic heterocycles. The summed E-state index contributed by atoms with van der Waals surface area (Å²) in [5.74, 6) is -1.16. The van der Waals surface area contributed by atoms with Gasteiger partial charge in [0.1, 0.15) is 11.7 Å². The normalized spacial score (nSPS) is 27.3. The molecule has 0 heterocycles. The van der Waals surface area contributed by atoms with Crippen LogP contribution < -0.4 is 0 Å². The molecule has 0 radical (unpaired) electrons. The molecule has 4 heteroatoms. The van der Waals surface area contributed by atoms with Crippen LogP contribution in [0, 0.1) is 5.92 Å². The predicted molar refractivity (Wildman–Crippen MR) is 50.6 cm³/mol. The SMILES string of the molecule is COC(=O)C1C(C)=CC(O)=C(C)C1O. The molecule has 0 aromatic carbocycles. The minimum atomic E-state index is -0.993. The van der Waals surface area contributed by atoms with E-state index in [9.17, 15) is 15.0 Å². The van der Waals surface area contributed by atoms with Crippen LogP contribution in [-0.2, 0) is 9.53 Å². The van der Waals surface area contributed by atoms with E-state index in [4.69, 9.17) is 0 Å². The van der Waals surface area contributed by atoms with E-state index in [1.165, 1.54) is 13.2 Å². The van der Waals surface area contributed by atoms with E-state index in [0.717, 1.165) is 0 Å². The first-order valence-electron chi connectivity index (χ1n) is 4.33. The summed E-state index contributed by atoms with van der Waals surface area (Å²) in [6.07, 6.45) is 0.483. The van der Waals surface area contributed by atoms with Crippen molar-refractivity contribution < 1.29 is 19.7 Å². The first kappa shape index (κ1) is 10.8. The minimum Gasteiger partial charge on any atom is -0.508 e. The average Bonchev–Trinajstić information content (AvgIpc) is 2.14. The molecule has 0 saturated heterocycles. The molecule has 78 valence electrons. The molecular formula is C10H14O4. The van der Waals surface area contributed by atoms with Gasteiger partial charge in [0.2, 0.25) is 0 Å². The second kappa shape index (κ2) is 3.84. The summed E-state index contributed by atoms with van der Waals surface area (Å²) in [6, 6.07) is 0. The Morgan fingerprint density at radius 1 is 1.50 bits per heavy atom. The van der Waals surface area contributed by atoms with Crippen molar-refractivity contribution in [3.05, 3.63) is 23.0 Å². The Balaban J connectivity index is 3.04. The number of carbonyl (C=O) groups excluding carboxylic acids is 1. The summed E-state index contributed by atoms with van der Waals surface area (Å²) in [4.78, 5) is 11.3. The number of hydrogen-bond acceptors (Lipinski definition) is 4. The molecule has 0 spiro atoms. The molecule has 1 aliphatic carbocycles. The Hall–Kier alpha value is -1.29. The maximum atomic E-state index is 11.3. The van der Waals surface area contributed by atoms with Gasteiger partial charge in [0.25, 0.3) is 0 Å². The smallest absolute Gasteiger partial charge is 0.315 e. The van der Waals surface area contributed by atoms with E-state index in [2.05, 4.69) is 4.74 Å². The highest BCUT2D eigenvalue weighted by Crippen LogP contribution is 2.29. The van der Waals surface area contributed by atoms with E-state index in [-0.39, 0.29) is 5.76 Å². The van der Waals surface area contributed by atoms with Gasteiger partial charge in [-0.2, -0.15) is 0 Å². The molecule has 2 N–H and O–H groups in total. The van der Waals surface area contributed by atoms with Gasteiger partial charge in [-0.1, -0.05) is 5.57 Å². The monoisotopic (exact) mass is 198 g/mol. The zero-order valence-electron chi connectivity index (χ0n) is 8.44. The molecule has 14 heavy (non-hydrogen) atoms. The zero-order chi connectivity index (χ0) is 10.9. The van der Waals surface area contributed by atoms with Gasteiger partial charge >= 0.3 is 5.97 Å². The molecule has 2 unspecified atom stereocenters. The van der Waals surface area contributed by atoms with Crippen LogP contribution in [0.15, 0.2) is 23.0 Å². The van der Waals surface area contributed by atoms with Gasteiger partial charge in [-0.25, -0.2) is 0 Å². The van der Waals surface area contributed by atoms with Gasteiger partial charge in [0.15, 0.2) is 0 Å². The first-order valence-corrected chi connectivity index (χ1v) is 4.33. The summed E-state index contributed by atoms with van der Waals surface area (Å²) >= 11 is 0. The van der Waals surface area contributed by atoms with Crippen LogP contribution in [0.3, 0.4) is 0 Å². The maximum Gasteiger partial charge on any atom is 0.315 e. The number of aliphatic hydroxyl groups excluding tert-OH is 2. The van der Waals surface area contributed by atoms with Crippen molar-refractivity contribution in [2.75, 3.05) is 7.11 Å². The second-order valence-electron chi connectivity index (χ2n) is 3.40. The fourth-order valence-corrected chi connectivity index (χ4v) is 1.51. The van der Waals surface area contributed by atoms with Crippen LogP contribution in [0.4, 0.5) is 0 Å². The standard InChI is InChI=1S/C10H14O4/c1-5-4-7(11)6(2)9(12)8(5)10(13)14-3/h4,8-9,11-12H,1-3H3. The Bertz CT molecular complexity index is 314. The second-order valence-corrected chi connectivity index (χ2v) is 3.40. The Kier molecular flexibility index (Phi) is 2.96. The molecular weight excluding hydrogens is 184 g/mol. The summed E-state index contributed by atoms with van der Waals surface area (Å²) in [5.41, 5.74) is 0.999. The van der Waals surface area contributed by atoms with Gasteiger partial charge < -0.3 is 14.9 Å². The number of esters is 1. The molecule has 1 rings (SSSR count). The number of hydrogen-bond donors (Lipinski definition) is 2. The molecule has 0 aromatic heterocycles. The fourth-order valence-electron chi connectivity index (χ4n) is 1.51. The highest BCUT2D eigenvalue weighted by atomic mass is 16.5. The number of rotatable bonds is 1. The maximum absolute atomic E-state index is 11.3. The Morgan fingerprint density at radius 3 is 2.57 bits per heavy atom. The third kappa shape index (κ3) is 1.65. The number of allylic oxidation sites excluding steroid dienone is 1. The lowest BCUT2D eigenvalue weighted by atomic mass is 9.85. The van der Waals surface area contributed by atoms with Crippen molar-refractivity contribution in [3.8, 4) is 0 Å². The number of carbonyl (C=O) groups is 1. The molecule has 0 saturated carbocycles. The van der Waals surface area contributed by atoms with Crippen molar-refractivity contribution in [2.45, 2.75) is 20.0 Å². The third-order valence-electron chi connectivity index (χ3n) is 2.47. The lowest BCUT2D eigenvalue weighted by Gasteiger charge is -2.26. The molecule has 0 amide bonds. The van der Waals surface area contributed by atoms with Crippen molar-refractivity contribution in [1.29, 1.82) is 0 Å². The van der Waals surface area contributed by atoms with E-state index < -0.39 is 18.0 Å². The average molecular weight is 198 g/mol. The highest BCUT2D eigenvalue weighted by Gasteiger charge is 2.34. The van der Waals surface area contributed by atoms with Gasteiger partial charge in [0, 0.05) is 0 Å². The lowest BCUT2D eigenvalue weighted by molar-refractivity contribution is -0.146. The van der Waals surface area contributed by atoms with Gasteiger partial charge in [0.05, 0.1) is 13.2 Å². The van der Waals surface area contributed by atoms with Crippen LogP contribution in [0.1, 0.15) is 13.8 Å². The number of methoxy groups -OCH3 is 1. The molecule has 0 aromatic rings. The van der Waals surface area contributed by atoms with Crippen LogP contribution in [0.2, 0.25) is 0 Å². The van der Waals surface area contributed by atoms with Gasteiger partial charge in [-0.05, 0) is 25.5 Å².